The van der Waals surface area contributed by atoms with Crippen LogP contribution in [0.2, 0.25) is 0 Å². The van der Waals surface area contributed by atoms with E-state index in [1.54, 1.807) is 11.8 Å². The highest BCUT2D eigenvalue weighted by Gasteiger charge is 2.28. The molecule has 1 aromatic carbocycles. The molecule has 0 saturated carbocycles. The van der Waals surface area contributed by atoms with Gasteiger partial charge in [0.05, 0.1) is 5.75 Å². The molecule has 0 bridgehead atoms. The van der Waals surface area contributed by atoms with Gasteiger partial charge in [-0.3, -0.25) is 4.90 Å². The molecule has 1 atom stereocenters. The summed E-state index contributed by atoms with van der Waals surface area (Å²) in [6.45, 7) is 4.73. The minimum atomic E-state index is -0.112. The average molecular weight is 308 g/mol. The predicted molar refractivity (Wildman–Crippen MR) is 87.5 cm³/mol. The van der Waals surface area contributed by atoms with Crippen LogP contribution in [0.3, 0.4) is 0 Å². The van der Waals surface area contributed by atoms with Gasteiger partial charge in [0.15, 0.2) is 0 Å². The van der Waals surface area contributed by atoms with Crippen LogP contribution in [-0.2, 0) is 12.2 Å². The van der Waals surface area contributed by atoms with E-state index in [0.717, 1.165) is 41.4 Å². The van der Waals surface area contributed by atoms with Crippen LogP contribution in [-0.4, -0.2) is 24.2 Å². The maximum absolute atomic E-state index is 6.66. The molecule has 1 unspecified atom stereocenters. The Morgan fingerprint density at radius 1 is 1.55 bits per heavy atom. The zero-order valence-electron chi connectivity index (χ0n) is 11.6. The number of rotatable bonds is 4. The number of alkyl halides is 1. The van der Waals surface area contributed by atoms with Gasteiger partial charge in [-0.15, -0.1) is 29.9 Å². The molecule has 0 radical (unpaired) electrons. The van der Waals surface area contributed by atoms with E-state index in [-0.39, 0.29) is 5.50 Å². The standard InChI is InChI=1S/C16H18ClNOS/c1-3-9-20-10-13-15-14-11(5-4-6-12(14)19-13)7-8-18(2)16(15)17/h3-6,16H,1,7-10H2,2H3. The number of halogens is 1. The van der Waals surface area contributed by atoms with Crippen molar-refractivity contribution in [1.29, 1.82) is 0 Å². The van der Waals surface area contributed by atoms with Gasteiger partial charge in [-0.25, -0.2) is 0 Å². The maximum Gasteiger partial charge on any atom is 0.134 e. The first-order valence-corrected chi connectivity index (χ1v) is 8.37. The third-order valence-corrected chi connectivity index (χ3v) is 5.23. The summed E-state index contributed by atoms with van der Waals surface area (Å²) in [5, 5.41) is 1.23. The lowest BCUT2D eigenvalue weighted by atomic mass is 10.0. The normalized spacial score (nSPS) is 19.2. The van der Waals surface area contributed by atoms with Crippen LogP contribution in [0.5, 0.6) is 0 Å². The summed E-state index contributed by atoms with van der Waals surface area (Å²) in [4.78, 5) is 2.19. The number of furan rings is 1. The second kappa shape index (κ2) is 5.84. The van der Waals surface area contributed by atoms with Gasteiger partial charge in [-0.05, 0) is 25.1 Å². The topological polar surface area (TPSA) is 16.4 Å². The number of benzene rings is 1. The van der Waals surface area contributed by atoms with E-state index in [4.69, 9.17) is 16.0 Å². The molecule has 0 spiro atoms. The van der Waals surface area contributed by atoms with E-state index in [1.165, 1.54) is 10.9 Å². The van der Waals surface area contributed by atoms with Gasteiger partial charge in [0.1, 0.15) is 16.8 Å². The van der Waals surface area contributed by atoms with E-state index in [1.807, 2.05) is 12.1 Å². The molecule has 2 nitrogen and oxygen atoms in total. The first-order valence-electron chi connectivity index (χ1n) is 6.78. The molecule has 1 aliphatic rings. The van der Waals surface area contributed by atoms with Crippen LogP contribution in [0.15, 0.2) is 35.3 Å². The van der Waals surface area contributed by atoms with E-state index >= 15 is 0 Å². The molecule has 0 amide bonds. The second-order valence-corrected chi connectivity index (χ2v) is 6.54. The first kappa shape index (κ1) is 14.1. The van der Waals surface area contributed by atoms with Gasteiger partial charge < -0.3 is 4.42 Å². The zero-order chi connectivity index (χ0) is 14.1. The largest absolute Gasteiger partial charge is 0.460 e. The quantitative estimate of drug-likeness (QED) is 0.356. The van der Waals surface area contributed by atoms with Gasteiger partial charge in [0.2, 0.25) is 0 Å². The number of hydrogen-bond acceptors (Lipinski definition) is 3. The smallest absolute Gasteiger partial charge is 0.134 e. The Morgan fingerprint density at radius 2 is 2.40 bits per heavy atom. The molecule has 0 saturated heterocycles. The molecular formula is C16H18ClNOS. The highest BCUT2D eigenvalue weighted by molar-refractivity contribution is 7.98. The van der Waals surface area contributed by atoms with Crippen LogP contribution in [0.25, 0.3) is 11.0 Å². The average Bonchev–Trinajstić information content (AvgIpc) is 2.76. The minimum absolute atomic E-state index is 0.112. The van der Waals surface area contributed by atoms with Crippen molar-refractivity contribution < 1.29 is 4.42 Å². The number of thioether (sulfide) groups is 1. The van der Waals surface area contributed by atoms with Gasteiger partial charge >= 0.3 is 0 Å². The van der Waals surface area contributed by atoms with E-state index < -0.39 is 0 Å². The van der Waals surface area contributed by atoms with Gasteiger partial charge in [-0.1, -0.05) is 18.2 Å². The summed E-state index contributed by atoms with van der Waals surface area (Å²) in [5.41, 5.74) is 3.36. The Balaban J connectivity index is 2.11. The van der Waals surface area contributed by atoms with Crippen LogP contribution in [0.4, 0.5) is 0 Å². The van der Waals surface area contributed by atoms with Gasteiger partial charge in [0, 0.05) is 23.2 Å². The molecule has 0 N–H and O–H groups in total. The lowest BCUT2D eigenvalue weighted by molar-refractivity contribution is 0.318. The van der Waals surface area contributed by atoms with Crippen LogP contribution < -0.4 is 0 Å². The lowest BCUT2D eigenvalue weighted by Crippen LogP contribution is -2.21. The first-order chi connectivity index (χ1) is 9.72. The Morgan fingerprint density at radius 3 is 3.20 bits per heavy atom. The van der Waals surface area contributed by atoms with Crippen LogP contribution in [0.1, 0.15) is 22.4 Å². The molecular weight excluding hydrogens is 290 g/mol. The van der Waals surface area contributed by atoms with Crippen LogP contribution in [0, 0.1) is 0 Å². The lowest BCUT2D eigenvalue weighted by Gasteiger charge is -2.20. The fraction of sp³-hybridized carbons (Fsp3) is 0.375. The molecule has 20 heavy (non-hydrogen) atoms. The molecule has 2 heterocycles. The molecule has 0 aliphatic carbocycles. The Kier molecular flexibility index (Phi) is 4.11. The van der Waals surface area contributed by atoms with Crippen molar-refractivity contribution in [2.75, 3.05) is 19.3 Å². The molecule has 1 aliphatic heterocycles. The fourth-order valence-electron chi connectivity index (χ4n) is 2.73. The van der Waals surface area contributed by atoms with E-state index in [0.29, 0.717) is 0 Å². The summed E-state index contributed by atoms with van der Waals surface area (Å²) in [6.07, 6.45) is 2.93. The van der Waals surface area contributed by atoms with Crippen molar-refractivity contribution >= 4 is 34.3 Å². The van der Waals surface area contributed by atoms with Crippen molar-refractivity contribution in [2.24, 2.45) is 0 Å². The Bertz CT molecular complexity index is 637. The van der Waals surface area contributed by atoms with E-state index in [2.05, 4.69) is 30.7 Å². The highest BCUT2D eigenvalue weighted by Crippen LogP contribution is 2.41. The number of nitrogens with zero attached hydrogens (tertiary/aromatic N) is 1. The summed E-state index contributed by atoms with van der Waals surface area (Å²) in [7, 11) is 2.07. The zero-order valence-corrected chi connectivity index (χ0v) is 13.1. The van der Waals surface area contributed by atoms with Crippen molar-refractivity contribution in [3.05, 3.63) is 47.7 Å². The molecule has 1 aromatic heterocycles. The second-order valence-electron chi connectivity index (χ2n) is 5.10. The molecule has 2 aromatic rings. The third kappa shape index (κ3) is 2.39. The molecule has 3 rings (SSSR count). The number of likely N-dealkylation sites (N-methyl/N-ethyl adjacent to an activating group) is 1. The SMILES string of the molecule is C=CCSCc1oc2cccc3c2c1C(Cl)N(C)CC3. The molecule has 0 fully saturated rings. The Labute approximate surface area is 128 Å². The maximum atomic E-state index is 6.66. The number of hydrogen-bond donors (Lipinski definition) is 0. The summed E-state index contributed by atoms with van der Waals surface area (Å²) < 4.78 is 6.07. The highest BCUT2D eigenvalue weighted by atomic mass is 35.5. The van der Waals surface area contributed by atoms with Crippen molar-refractivity contribution in [3.8, 4) is 0 Å². The molecule has 106 valence electrons. The third-order valence-electron chi connectivity index (χ3n) is 3.74. The fourth-order valence-corrected chi connectivity index (χ4v) is 3.74. The predicted octanol–water partition coefficient (Wildman–Crippen LogP) is 4.58. The summed E-state index contributed by atoms with van der Waals surface area (Å²) >= 11 is 8.47. The van der Waals surface area contributed by atoms with Crippen molar-refractivity contribution in [1.82, 2.24) is 4.90 Å². The Hall–Kier alpha value is -0.900. The molecule has 4 heteroatoms. The van der Waals surface area contributed by atoms with Gasteiger partial charge in [-0.2, -0.15) is 0 Å². The summed E-state index contributed by atoms with van der Waals surface area (Å²) in [6, 6.07) is 6.30. The van der Waals surface area contributed by atoms with Gasteiger partial charge in [0.25, 0.3) is 0 Å². The van der Waals surface area contributed by atoms with Crippen LogP contribution >= 0.6 is 23.4 Å². The van der Waals surface area contributed by atoms with E-state index in [9.17, 15) is 0 Å². The monoisotopic (exact) mass is 307 g/mol. The minimum Gasteiger partial charge on any atom is -0.460 e. The van der Waals surface area contributed by atoms with Crippen molar-refractivity contribution in [3.63, 3.8) is 0 Å². The summed E-state index contributed by atoms with van der Waals surface area (Å²) in [5.74, 6) is 2.77. The van der Waals surface area contributed by atoms with Crippen molar-refractivity contribution in [2.45, 2.75) is 17.7 Å².